The number of amides is 1. The van der Waals surface area contributed by atoms with E-state index in [9.17, 15) is 4.79 Å². The van der Waals surface area contributed by atoms with E-state index < -0.39 is 0 Å². The summed E-state index contributed by atoms with van der Waals surface area (Å²) in [4.78, 5) is 21.8. The third-order valence-electron chi connectivity index (χ3n) is 3.48. The Balaban J connectivity index is 1.63. The SMILES string of the molecule is Nc1nccc(-c2ccc(C(=O)NCCc3c(Cl)cccc3Cl)s2)n1. The van der Waals surface area contributed by atoms with E-state index >= 15 is 0 Å². The summed E-state index contributed by atoms with van der Waals surface area (Å²) in [5.74, 6) is 0.0509. The molecule has 0 fully saturated rings. The van der Waals surface area contributed by atoms with E-state index in [1.54, 1.807) is 36.5 Å². The van der Waals surface area contributed by atoms with Crippen LogP contribution in [-0.4, -0.2) is 22.4 Å². The molecule has 0 unspecified atom stereocenters. The number of carbonyl (C=O) groups is 1. The van der Waals surface area contributed by atoms with Gasteiger partial charge in [-0.3, -0.25) is 4.79 Å². The fraction of sp³-hybridized carbons (Fsp3) is 0.118. The fourth-order valence-corrected chi connectivity index (χ4v) is 3.75. The molecule has 0 saturated carbocycles. The van der Waals surface area contributed by atoms with Crippen LogP contribution in [0.1, 0.15) is 15.2 Å². The average Bonchev–Trinajstić information content (AvgIpc) is 3.07. The van der Waals surface area contributed by atoms with Gasteiger partial charge in [0.1, 0.15) is 0 Å². The number of nitrogens with one attached hydrogen (secondary N) is 1. The molecule has 25 heavy (non-hydrogen) atoms. The van der Waals surface area contributed by atoms with Gasteiger partial charge < -0.3 is 11.1 Å². The lowest BCUT2D eigenvalue weighted by Gasteiger charge is -2.07. The molecule has 128 valence electrons. The van der Waals surface area contributed by atoms with E-state index in [4.69, 9.17) is 28.9 Å². The Morgan fingerprint density at radius 1 is 1.16 bits per heavy atom. The van der Waals surface area contributed by atoms with Gasteiger partial charge in [-0.25, -0.2) is 9.97 Å². The number of carbonyl (C=O) groups excluding carboxylic acids is 1. The summed E-state index contributed by atoms with van der Waals surface area (Å²) in [6.07, 6.45) is 2.15. The number of nitrogens with two attached hydrogens (primary N) is 1. The maximum absolute atomic E-state index is 12.3. The number of nitrogen functional groups attached to an aromatic ring is 1. The zero-order chi connectivity index (χ0) is 17.8. The lowest BCUT2D eigenvalue weighted by molar-refractivity contribution is 0.0958. The molecule has 5 nitrogen and oxygen atoms in total. The summed E-state index contributed by atoms with van der Waals surface area (Å²) in [6.45, 7) is 0.440. The molecule has 3 N–H and O–H groups in total. The molecule has 0 radical (unpaired) electrons. The predicted octanol–water partition coefficient (Wildman–Crippen LogP) is 4.07. The van der Waals surface area contributed by atoms with Gasteiger partial charge in [0.15, 0.2) is 0 Å². The van der Waals surface area contributed by atoms with Crippen LogP contribution in [0.25, 0.3) is 10.6 Å². The van der Waals surface area contributed by atoms with E-state index in [0.29, 0.717) is 33.6 Å². The van der Waals surface area contributed by atoms with Gasteiger partial charge in [0.05, 0.1) is 15.4 Å². The molecule has 0 saturated heterocycles. The third-order valence-corrected chi connectivity index (χ3v) is 5.29. The smallest absolute Gasteiger partial charge is 0.261 e. The highest BCUT2D eigenvalue weighted by Crippen LogP contribution is 2.27. The highest BCUT2D eigenvalue weighted by atomic mass is 35.5. The Morgan fingerprint density at radius 3 is 2.64 bits per heavy atom. The van der Waals surface area contributed by atoms with Crippen LogP contribution in [0.3, 0.4) is 0 Å². The first-order valence-corrected chi connectivity index (χ1v) is 9.01. The number of thiophene rings is 1. The summed E-state index contributed by atoms with van der Waals surface area (Å²) in [6, 6.07) is 10.7. The monoisotopic (exact) mass is 392 g/mol. The minimum atomic E-state index is -0.151. The first-order chi connectivity index (χ1) is 12.0. The van der Waals surface area contributed by atoms with Gasteiger partial charge in [-0.15, -0.1) is 11.3 Å². The lowest BCUT2D eigenvalue weighted by atomic mass is 10.1. The predicted molar refractivity (Wildman–Crippen MR) is 102 cm³/mol. The molecule has 1 amide bonds. The normalized spacial score (nSPS) is 10.6. The van der Waals surface area contributed by atoms with Gasteiger partial charge in [0, 0.05) is 22.8 Å². The lowest BCUT2D eigenvalue weighted by Crippen LogP contribution is -2.25. The Hall–Kier alpha value is -2.15. The second-order valence-electron chi connectivity index (χ2n) is 5.17. The number of benzene rings is 1. The van der Waals surface area contributed by atoms with Crippen molar-refractivity contribution in [3.8, 4) is 10.6 Å². The van der Waals surface area contributed by atoms with Crippen LogP contribution in [0, 0.1) is 0 Å². The molecule has 3 aromatic rings. The molecule has 8 heteroatoms. The standard InChI is InChI=1S/C17H14Cl2N4OS/c18-11-2-1-3-12(19)10(11)6-8-21-16(24)15-5-4-14(25-15)13-7-9-22-17(20)23-13/h1-5,7,9H,6,8H2,(H,21,24)(H2,20,22,23). The van der Waals surface area contributed by atoms with Crippen LogP contribution in [0.15, 0.2) is 42.6 Å². The molecule has 0 aliphatic carbocycles. The van der Waals surface area contributed by atoms with Crippen molar-refractivity contribution >= 4 is 46.4 Å². The fourth-order valence-electron chi connectivity index (χ4n) is 2.27. The number of aromatic nitrogens is 2. The van der Waals surface area contributed by atoms with Crippen molar-refractivity contribution in [3.05, 3.63) is 63.1 Å². The van der Waals surface area contributed by atoms with E-state index in [2.05, 4.69) is 15.3 Å². The van der Waals surface area contributed by atoms with Crippen molar-refractivity contribution in [1.82, 2.24) is 15.3 Å². The summed E-state index contributed by atoms with van der Waals surface area (Å²) < 4.78 is 0. The molecular weight excluding hydrogens is 379 g/mol. The number of anilines is 1. The van der Waals surface area contributed by atoms with Crippen LogP contribution in [0.5, 0.6) is 0 Å². The summed E-state index contributed by atoms with van der Waals surface area (Å²) in [7, 11) is 0. The average molecular weight is 393 g/mol. The summed E-state index contributed by atoms with van der Waals surface area (Å²) in [5.41, 5.74) is 7.11. The number of hydrogen-bond acceptors (Lipinski definition) is 5. The minimum absolute atomic E-state index is 0.151. The first kappa shape index (κ1) is 17.7. The maximum atomic E-state index is 12.3. The van der Waals surface area contributed by atoms with Crippen molar-refractivity contribution in [2.45, 2.75) is 6.42 Å². The van der Waals surface area contributed by atoms with Gasteiger partial charge in [-0.1, -0.05) is 29.3 Å². The van der Waals surface area contributed by atoms with Gasteiger partial charge in [0.2, 0.25) is 5.95 Å². The van der Waals surface area contributed by atoms with E-state index in [1.807, 2.05) is 6.07 Å². The second kappa shape index (κ2) is 7.82. The molecular formula is C17H14Cl2N4OS. The Bertz CT molecular complexity index is 893. The number of halogens is 2. The van der Waals surface area contributed by atoms with Crippen molar-refractivity contribution in [2.75, 3.05) is 12.3 Å². The van der Waals surface area contributed by atoms with E-state index in [1.165, 1.54) is 11.3 Å². The van der Waals surface area contributed by atoms with Gasteiger partial charge >= 0.3 is 0 Å². The van der Waals surface area contributed by atoms with E-state index in [0.717, 1.165) is 10.4 Å². The zero-order valence-corrected chi connectivity index (χ0v) is 15.3. The molecule has 2 aromatic heterocycles. The molecule has 0 bridgehead atoms. The Labute approximate surface area is 158 Å². The van der Waals surface area contributed by atoms with Crippen molar-refractivity contribution in [3.63, 3.8) is 0 Å². The molecule has 0 spiro atoms. The Kier molecular flexibility index (Phi) is 5.53. The summed E-state index contributed by atoms with van der Waals surface area (Å²) in [5, 5.41) is 4.07. The van der Waals surface area contributed by atoms with Crippen LogP contribution in [-0.2, 0) is 6.42 Å². The molecule has 0 aliphatic rings. The van der Waals surface area contributed by atoms with Gasteiger partial charge in [0.25, 0.3) is 5.91 Å². The van der Waals surface area contributed by atoms with Crippen LogP contribution in [0.2, 0.25) is 10.0 Å². The molecule has 3 rings (SSSR count). The van der Waals surface area contributed by atoms with Crippen LogP contribution < -0.4 is 11.1 Å². The second-order valence-corrected chi connectivity index (χ2v) is 7.07. The maximum Gasteiger partial charge on any atom is 0.261 e. The Morgan fingerprint density at radius 2 is 1.92 bits per heavy atom. The van der Waals surface area contributed by atoms with Crippen molar-refractivity contribution in [1.29, 1.82) is 0 Å². The zero-order valence-electron chi connectivity index (χ0n) is 13.0. The quantitative estimate of drug-likeness (QED) is 0.685. The highest BCUT2D eigenvalue weighted by molar-refractivity contribution is 7.17. The first-order valence-electron chi connectivity index (χ1n) is 7.44. The molecule has 0 atom stereocenters. The van der Waals surface area contributed by atoms with Crippen LogP contribution >= 0.6 is 34.5 Å². The number of hydrogen-bond donors (Lipinski definition) is 2. The minimum Gasteiger partial charge on any atom is -0.368 e. The molecule has 2 heterocycles. The highest BCUT2D eigenvalue weighted by Gasteiger charge is 2.12. The van der Waals surface area contributed by atoms with Gasteiger partial charge in [-0.05, 0) is 42.3 Å². The molecule has 0 aliphatic heterocycles. The summed E-state index contributed by atoms with van der Waals surface area (Å²) >= 11 is 13.6. The number of nitrogens with zero attached hydrogens (tertiary/aromatic N) is 2. The number of rotatable bonds is 5. The third kappa shape index (κ3) is 4.28. The van der Waals surface area contributed by atoms with Crippen LogP contribution in [0.4, 0.5) is 5.95 Å². The van der Waals surface area contributed by atoms with Gasteiger partial charge in [-0.2, -0.15) is 0 Å². The van der Waals surface area contributed by atoms with Crippen molar-refractivity contribution < 1.29 is 4.79 Å². The van der Waals surface area contributed by atoms with Crippen molar-refractivity contribution in [2.24, 2.45) is 0 Å². The topological polar surface area (TPSA) is 80.9 Å². The van der Waals surface area contributed by atoms with E-state index in [-0.39, 0.29) is 11.9 Å². The largest absolute Gasteiger partial charge is 0.368 e. The molecule has 1 aromatic carbocycles.